The van der Waals surface area contributed by atoms with Gasteiger partial charge in [-0.25, -0.2) is 4.90 Å². The molecule has 15 heteroatoms. The molecule has 0 unspecified atom stereocenters. The van der Waals surface area contributed by atoms with Crippen LogP contribution in [0.4, 0.5) is 30.2 Å². The summed E-state index contributed by atoms with van der Waals surface area (Å²) in [5.41, 5.74) is 2.57. The molecule has 1 saturated carbocycles. The lowest BCUT2D eigenvalue weighted by molar-refractivity contribution is -0.384. The second-order valence-electron chi connectivity index (χ2n) is 14.1. The average Bonchev–Trinajstić information content (AvgIpc) is 3.54. The van der Waals surface area contributed by atoms with Gasteiger partial charge < -0.3 is 9.84 Å². The van der Waals surface area contributed by atoms with Crippen LogP contribution in [-0.2, 0) is 24.6 Å². The lowest BCUT2D eigenvalue weighted by atomic mass is 9.49. The number of carbonyl (C=O) groups excluding carboxylic acids is 4. The summed E-state index contributed by atoms with van der Waals surface area (Å²) in [5, 5.41) is 24.0. The van der Waals surface area contributed by atoms with Crippen LogP contribution in [0.5, 0.6) is 11.5 Å². The number of amides is 4. The number of benzene rings is 4. The highest BCUT2D eigenvalue weighted by Gasteiger charge is 2.70. The first-order chi connectivity index (χ1) is 26.2. The second kappa shape index (κ2) is 12.8. The molecule has 2 aliphatic carbocycles. The number of non-ortho nitro benzene ring substituents is 1. The van der Waals surface area contributed by atoms with Gasteiger partial charge in [0.15, 0.2) is 0 Å². The number of aryl methyl sites for hydroxylation is 1. The Labute approximate surface area is 310 Å². The Balaban J connectivity index is 1.33. The lowest BCUT2D eigenvalue weighted by Crippen LogP contribution is -2.53. The first-order valence-electron chi connectivity index (χ1n) is 17.4. The van der Waals surface area contributed by atoms with Gasteiger partial charge in [-0.1, -0.05) is 65.7 Å². The van der Waals surface area contributed by atoms with Crippen molar-refractivity contribution in [2.45, 2.75) is 37.5 Å². The van der Waals surface area contributed by atoms with Gasteiger partial charge in [-0.3, -0.25) is 34.7 Å². The number of hydrazine groups is 1. The van der Waals surface area contributed by atoms with E-state index in [1.807, 2.05) is 6.92 Å². The normalized spacial score (nSPS) is 26.0. The molecule has 2 heterocycles. The van der Waals surface area contributed by atoms with Crippen LogP contribution in [0.3, 0.4) is 0 Å². The summed E-state index contributed by atoms with van der Waals surface area (Å²) in [7, 11) is 0. The Morgan fingerprint density at radius 3 is 2.31 bits per heavy atom. The van der Waals surface area contributed by atoms with Gasteiger partial charge in [-0.15, -0.1) is 13.2 Å². The fourth-order valence-corrected chi connectivity index (χ4v) is 9.05. The van der Waals surface area contributed by atoms with Gasteiger partial charge in [0.1, 0.15) is 11.5 Å². The standard InChI is InChI=1S/C40H31F3N4O8/c1-21-10-12-23(13-11-21)44-46-36(50)31-20-29-27(15-16-28-33(29)37(51)45(35(28)49)24-8-5-9-25(18-24)47(53)54)34(39(31,38(46)52)22-6-3-2-4-7-22)30-19-26(14-17-32(30)48)55-40(41,42)43/h2-15,17-19,28-29,31,33-34,44,48H,16,20H2,1H3/t28-,29+,31-,33-,34+,39+/m0/s1. The van der Waals surface area contributed by atoms with Crippen molar-refractivity contribution >= 4 is 40.7 Å². The molecule has 2 saturated heterocycles. The van der Waals surface area contributed by atoms with E-state index >= 15 is 4.79 Å². The highest BCUT2D eigenvalue weighted by Crippen LogP contribution is 2.65. The third-order valence-corrected chi connectivity index (χ3v) is 11.2. The molecule has 280 valence electrons. The summed E-state index contributed by atoms with van der Waals surface area (Å²) in [5.74, 6) is -9.47. The van der Waals surface area contributed by atoms with Gasteiger partial charge in [0.05, 0.1) is 39.5 Å². The number of aromatic hydroxyl groups is 1. The van der Waals surface area contributed by atoms with E-state index < -0.39 is 81.4 Å². The number of halogens is 3. The van der Waals surface area contributed by atoms with Crippen molar-refractivity contribution in [2.24, 2.45) is 23.7 Å². The number of ether oxygens (including phenoxy) is 1. The number of fused-ring (bicyclic) bond motifs is 4. The van der Waals surface area contributed by atoms with E-state index in [4.69, 9.17) is 0 Å². The number of hydrogen-bond acceptors (Lipinski definition) is 9. The first-order valence-corrected chi connectivity index (χ1v) is 17.4. The molecule has 12 nitrogen and oxygen atoms in total. The van der Waals surface area contributed by atoms with Crippen molar-refractivity contribution in [2.75, 3.05) is 10.3 Å². The Hall–Kier alpha value is -6.51. The number of anilines is 2. The number of nitrogens with zero attached hydrogens (tertiary/aromatic N) is 3. The molecule has 4 aliphatic rings. The number of rotatable bonds is 7. The van der Waals surface area contributed by atoms with Gasteiger partial charge in [0.25, 0.3) is 17.5 Å². The summed E-state index contributed by atoms with van der Waals surface area (Å²) in [4.78, 5) is 70.3. The molecule has 2 N–H and O–H groups in total. The molecule has 55 heavy (non-hydrogen) atoms. The quantitative estimate of drug-likeness (QED) is 0.0907. The number of phenols is 1. The molecule has 4 amide bonds. The van der Waals surface area contributed by atoms with Crippen LogP contribution < -0.4 is 15.1 Å². The SMILES string of the molecule is Cc1ccc(NN2C(=O)[C@@H]3C[C@@H]4C(=CC[C@@H]5C(=O)N(c6cccc([N+](=O)[O-])c6)C(=O)[C@@H]54)[C@H](c4cc(OC(F)(F)F)ccc4O)[C@]3(c3ccccc3)C2=O)cc1. The van der Waals surface area contributed by atoms with Gasteiger partial charge in [-0.2, -0.15) is 5.01 Å². The van der Waals surface area contributed by atoms with E-state index in [0.29, 0.717) is 16.8 Å². The van der Waals surface area contributed by atoms with Gasteiger partial charge in [-0.05, 0) is 67.6 Å². The highest BCUT2D eigenvalue weighted by molar-refractivity contribution is 6.22. The van der Waals surface area contributed by atoms with Crippen molar-refractivity contribution < 1.29 is 47.1 Å². The number of nitro groups is 1. The minimum Gasteiger partial charge on any atom is -0.508 e. The molecule has 0 spiro atoms. The third-order valence-electron chi connectivity index (χ3n) is 11.2. The summed E-state index contributed by atoms with van der Waals surface area (Å²) in [6.45, 7) is 1.86. The summed E-state index contributed by atoms with van der Waals surface area (Å²) < 4.78 is 45.0. The Morgan fingerprint density at radius 1 is 0.891 bits per heavy atom. The molecule has 0 bridgehead atoms. The van der Waals surface area contributed by atoms with Crippen molar-refractivity contribution in [1.82, 2.24) is 5.01 Å². The summed E-state index contributed by atoms with van der Waals surface area (Å²) >= 11 is 0. The van der Waals surface area contributed by atoms with Crippen LogP contribution in [0.1, 0.15) is 35.4 Å². The highest BCUT2D eigenvalue weighted by atomic mass is 19.4. The number of phenolic OH excluding ortho intramolecular Hbond substituents is 1. The number of carbonyl (C=O) groups is 4. The van der Waals surface area contributed by atoms with E-state index in [9.17, 15) is 42.8 Å². The number of alkyl halides is 3. The minimum absolute atomic E-state index is 0.0126. The van der Waals surface area contributed by atoms with Crippen LogP contribution in [0.25, 0.3) is 0 Å². The maximum atomic E-state index is 15.2. The topological polar surface area (TPSA) is 159 Å². The van der Waals surface area contributed by atoms with E-state index in [0.717, 1.165) is 39.7 Å². The van der Waals surface area contributed by atoms with Gasteiger partial charge >= 0.3 is 6.36 Å². The van der Waals surface area contributed by atoms with Crippen molar-refractivity contribution in [3.8, 4) is 11.5 Å². The number of allylic oxidation sites excluding steroid dienone is 2. The zero-order chi connectivity index (χ0) is 39.0. The van der Waals surface area contributed by atoms with E-state index in [1.165, 1.54) is 18.2 Å². The van der Waals surface area contributed by atoms with Crippen molar-refractivity contribution in [1.29, 1.82) is 0 Å². The minimum atomic E-state index is -5.11. The van der Waals surface area contributed by atoms with Crippen LogP contribution in [0.15, 0.2) is 109 Å². The predicted octanol–water partition coefficient (Wildman–Crippen LogP) is 6.70. The molecule has 6 atom stereocenters. The van der Waals surface area contributed by atoms with Gasteiger partial charge in [0.2, 0.25) is 11.8 Å². The summed E-state index contributed by atoms with van der Waals surface area (Å²) in [6.07, 6.45) is -3.60. The van der Waals surface area contributed by atoms with E-state index in [1.54, 1.807) is 60.7 Å². The second-order valence-corrected chi connectivity index (χ2v) is 14.1. The Morgan fingerprint density at radius 2 is 1.62 bits per heavy atom. The lowest BCUT2D eigenvalue weighted by Gasteiger charge is -2.50. The average molecular weight is 753 g/mol. The monoisotopic (exact) mass is 752 g/mol. The molecule has 0 radical (unpaired) electrons. The maximum Gasteiger partial charge on any atom is 0.573 e. The third kappa shape index (κ3) is 5.60. The van der Waals surface area contributed by atoms with Crippen LogP contribution in [0.2, 0.25) is 0 Å². The van der Waals surface area contributed by atoms with Gasteiger partial charge in [0, 0.05) is 23.6 Å². The number of imide groups is 2. The zero-order valence-corrected chi connectivity index (χ0v) is 28.9. The molecular weight excluding hydrogens is 721 g/mol. The van der Waals surface area contributed by atoms with Crippen LogP contribution in [-0.4, -0.2) is 45.0 Å². The molecule has 2 aliphatic heterocycles. The summed E-state index contributed by atoms with van der Waals surface area (Å²) in [6, 6.07) is 23.2. The van der Waals surface area contributed by atoms with E-state index in [2.05, 4.69) is 10.2 Å². The van der Waals surface area contributed by atoms with Crippen molar-refractivity contribution in [3.63, 3.8) is 0 Å². The zero-order valence-electron chi connectivity index (χ0n) is 28.9. The largest absolute Gasteiger partial charge is 0.573 e. The van der Waals surface area contributed by atoms with Crippen molar-refractivity contribution in [3.05, 3.63) is 136 Å². The smallest absolute Gasteiger partial charge is 0.508 e. The van der Waals surface area contributed by atoms with Crippen LogP contribution in [0, 0.1) is 40.7 Å². The fraction of sp³-hybridized carbons (Fsp3) is 0.250. The maximum absolute atomic E-state index is 15.2. The molecule has 3 fully saturated rings. The molecular formula is C40H31F3N4O8. The number of nitro benzene ring substituents is 1. The number of nitrogens with one attached hydrogen (secondary N) is 1. The fourth-order valence-electron chi connectivity index (χ4n) is 9.05. The molecule has 8 rings (SSSR count). The number of hydrogen-bond donors (Lipinski definition) is 2. The Bertz CT molecular complexity index is 2310. The molecule has 4 aromatic carbocycles. The van der Waals surface area contributed by atoms with Crippen LogP contribution >= 0.6 is 0 Å². The first kappa shape index (κ1) is 35.5. The predicted molar refractivity (Wildman–Crippen MR) is 189 cm³/mol. The molecule has 4 aromatic rings. The van der Waals surface area contributed by atoms with E-state index in [-0.39, 0.29) is 29.8 Å². The molecule has 0 aromatic heterocycles. The Kier molecular flexibility index (Phi) is 8.28.